The lowest BCUT2D eigenvalue weighted by molar-refractivity contribution is -0.139. The molecule has 5 rings (SSSR count). The van der Waals surface area contributed by atoms with Crippen LogP contribution in [0.2, 0.25) is 5.02 Å². The maximum absolute atomic E-state index is 13.8. The summed E-state index contributed by atoms with van der Waals surface area (Å²) >= 11 is 7.37. The van der Waals surface area contributed by atoms with E-state index in [2.05, 4.69) is 4.99 Å². The van der Waals surface area contributed by atoms with Crippen molar-refractivity contribution in [3.63, 3.8) is 0 Å². The lowest BCUT2D eigenvalue weighted by atomic mass is 9.96. The maximum Gasteiger partial charge on any atom is 0.338 e. The number of carbonyl (C=O) groups is 1. The van der Waals surface area contributed by atoms with Crippen LogP contribution in [-0.2, 0) is 9.53 Å². The summed E-state index contributed by atoms with van der Waals surface area (Å²) in [4.78, 5) is 32.0. The van der Waals surface area contributed by atoms with Gasteiger partial charge in [0.05, 0.1) is 34.6 Å². The van der Waals surface area contributed by atoms with E-state index in [-0.39, 0.29) is 18.3 Å². The first-order valence-electron chi connectivity index (χ1n) is 12.6. The Bertz CT molecular complexity index is 1740. The van der Waals surface area contributed by atoms with Gasteiger partial charge in [-0.15, -0.1) is 0 Å². The minimum Gasteiger partial charge on any atom is -0.491 e. The van der Waals surface area contributed by atoms with E-state index in [1.54, 1.807) is 36.6 Å². The Morgan fingerprint density at radius 1 is 1.18 bits per heavy atom. The Morgan fingerprint density at radius 3 is 2.64 bits per heavy atom. The van der Waals surface area contributed by atoms with Crippen molar-refractivity contribution in [3.05, 3.63) is 108 Å². The average Bonchev–Trinajstić information content (AvgIpc) is 3.48. The first-order chi connectivity index (χ1) is 18.7. The summed E-state index contributed by atoms with van der Waals surface area (Å²) in [6.07, 6.45) is 1.71. The zero-order valence-corrected chi connectivity index (χ0v) is 23.5. The van der Waals surface area contributed by atoms with Crippen molar-refractivity contribution in [1.29, 1.82) is 0 Å². The van der Waals surface area contributed by atoms with Crippen LogP contribution in [0.25, 0.3) is 17.4 Å². The van der Waals surface area contributed by atoms with Crippen LogP contribution in [0.15, 0.2) is 86.1 Å². The third-order valence-electron chi connectivity index (χ3n) is 6.09. The number of aromatic nitrogens is 1. The molecule has 39 heavy (non-hydrogen) atoms. The van der Waals surface area contributed by atoms with Gasteiger partial charge in [0.1, 0.15) is 17.3 Å². The number of allylic oxidation sites excluding steroid dienone is 1. The topological polar surface area (TPSA) is 83.0 Å². The summed E-state index contributed by atoms with van der Waals surface area (Å²) in [6.45, 7) is 7.62. The van der Waals surface area contributed by atoms with Gasteiger partial charge in [0.15, 0.2) is 4.80 Å². The van der Waals surface area contributed by atoms with Crippen molar-refractivity contribution < 1.29 is 18.7 Å². The van der Waals surface area contributed by atoms with Crippen molar-refractivity contribution >= 4 is 35.0 Å². The highest BCUT2D eigenvalue weighted by Crippen LogP contribution is 2.32. The van der Waals surface area contributed by atoms with Gasteiger partial charge in [-0.2, -0.15) is 0 Å². The summed E-state index contributed by atoms with van der Waals surface area (Å²) in [7, 11) is 0. The van der Waals surface area contributed by atoms with Gasteiger partial charge in [-0.25, -0.2) is 9.79 Å². The van der Waals surface area contributed by atoms with Crippen molar-refractivity contribution in [2.45, 2.75) is 39.8 Å². The highest BCUT2D eigenvalue weighted by Gasteiger charge is 2.33. The van der Waals surface area contributed by atoms with Gasteiger partial charge >= 0.3 is 5.97 Å². The average molecular weight is 563 g/mol. The first kappa shape index (κ1) is 26.7. The largest absolute Gasteiger partial charge is 0.491 e. The summed E-state index contributed by atoms with van der Waals surface area (Å²) in [5, 5.41) is 0.607. The molecule has 3 heterocycles. The molecule has 0 amide bonds. The number of halogens is 1. The van der Waals surface area contributed by atoms with Crippen LogP contribution >= 0.6 is 22.9 Å². The second-order valence-electron chi connectivity index (χ2n) is 9.25. The third-order valence-corrected chi connectivity index (χ3v) is 7.31. The molecule has 0 bridgehead atoms. The summed E-state index contributed by atoms with van der Waals surface area (Å²) in [6, 6.07) is 17.7. The molecule has 0 fully saturated rings. The van der Waals surface area contributed by atoms with Crippen LogP contribution in [0.3, 0.4) is 0 Å². The summed E-state index contributed by atoms with van der Waals surface area (Å²) in [5.74, 6) is 1.35. The lowest BCUT2D eigenvalue weighted by Gasteiger charge is -2.25. The number of hydrogen-bond donors (Lipinski definition) is 0. The Balaban J connectivity index is 1.61. The smallest absolute Gasteiger partial charge is 0.338 e. The number of ether oxygens (including phenoxy) is 2. The zero-order valence-electron chi connectivity index (χ0n) is 21.9. The summed E-state index contributed by atoms with van der Waals surface area (Å²) < 4.78 is 19.1. The van der Waals surface area contributed by atoms with Gasteiger partial charge in [-0.1, -0.05) is 47.2 Å². The standard InChI is InChI=1S/C30H27ClN2O5S/c1-5-36-29(35)26-18(4)32-30-33(27(26)19-9-11-22(12-10-19)37-17(2)3)28(34)25(39-30)16-23-13-14-24(38-23)20-7-6-8-21(31)15-20/h6-17,27H,5H2,1-4H3/b25-16-/t27-/m1/s1. The number of benzene rings is 2. The summed E-state index contributed by atoms with van der Waals surface area (Å²) in [5.41, 5.74) is 2.14. The Hall–Kier alpha value is -3.88. The van der Waals surface area contributed by atoms with Gasteiger partial charge < -0.3 is 13.9 Å². The molecule has 0 N–H and O–H groups in total. The molecule has 1 aliphatic heterocycles. The number of furan rings is 1. The Labute approximate surface area is 234 Å². The van der Waals surface area contributed by atoms with Crippen molar-refractivity contribution in [1.82, 2.24) is 4.57 Å². The molecular weight excluding hydrogens is 536 g/mol. The molecule has 0 saturated heterocycles. The number of thiazole rings is 1. The van der Waals surface area contributed by atoms with Gasteiger partial charge in [-0.05, 0) is 69.7 Å². The lowest BCUT2D eigenvalue weighted by Crippen LogP contribution is -2.39. The minimum absolute atomic E-state index is 0.0201. The van der Waals surface area contributed by atoms with E-state index >= 15 is 0 Å². The number of hydrogen-bond acceptors (Lipinski definition) is 7. The molecule has 0 radical (unpaired) electrons. The molecule has 2 aromatic carbocycles. The van der Waals surface area contributed by atoms with E-state index in [1.807, 2.05) is 62.4 Å². The number of rotatable bonds is 7. The fraction of sp³-hybridized carbons (Fsp3) is 0.233. The molecule has 0 spiro atoms. The van der Waals surface area contributed by atoms with E-state index in [1.165, 1.54) is 11.3 Å². The van der Waals surface area contributed by atoms with Gasteiger partial charge in [0.25, 0.3) is 5.56 Å². The maximum atomic E-state index is 13.8. The molecule has 4 aromatic rings. The number of fused-ring (bicyclic) bond motifs is 1. The first-order valence-corrected chi connectivity index (χ1v) is 13.8. The molecule has 2 aromatic heterocycles. The quantitative estimate of drug-likeness (QED) is 0.278. The van der Waals surface area contributed by atoms with E-state index in [0.717, 1.165) is 11.1 Å². The van der Waals surface area contributed by atoms with Crippen LogP contribution in [-0.4, -0.2) is 23.2 Å². The van der Waals surface area contributed by atoms with Crippen molar-refractivity contribution in [2.75, 3.05) is 6.61 Å². The van der Waals surface area contributed by atoms with Gasteiger partial charge in [-0.3, -0.25) is 9.36 Å². The van der Waals surface area contributed by atoms with Crippen LogP contribution in [0, 0.1) is 0 Å². The molecule has 9 heteroatoms. The van der Waals surface area contributed by atoms with Crippen molar-refractivity contribution in [2.24, 2.45) is 4.99 Å². The molecule has 1 aliphatic rings. The molecule has 7 nitrogen and oxygen atoms in total. The normalized spacial score (nSPS) is 15.3. The van der Waals surface area contributed by atoms with E-state index in [0.29, 0.717) is 42.9 Å². The highest BCUT2D eigenvalue weighted by atomic mass is 35.5. The van der Waals surface area contributed by atoms with Crippen LogP contribution < -0.4 is 19.6 Å². The van der Waals surface area contributed by atoms with Crippen LogP contribution in [0.1, 0.15) is 45.1 Å². The molecule has 0 unspecified atom stereocenters. The predicted octanol–water partition coefficient (Wildman–Crippen LogP) is 5.50. The number of esters is 1. The van der Waals surface area contributed by atoms with E-state index in [4.69, 9.17) is 25.5 Å². The fourth-order valence-electron chi connectivity index (χ4n) is 4.46. The van der Waals surface area contributed by atoms with Gasteiger partial charge in [0, 0.05) is 16.7 Å². The number of carbonyl (C=O) groups excluding carboxylic acids is 1. The number of nitrogens with zero attached hydrogens (tertiary/aromatic N) is 2. The van der Waals surface area contributed by atoms with Gasteiger partial charge in [0.2, 0.25) is 0 Å². The Kier molecular flexibility index (Phi) is 7.59. The molecule has 1 atom stereocenters. The SMILES string of the molecule is CCOC(=O)C1=C(C)N=c2s/c(=C\c3ccc(-c4cccc(Cl)c4)o3)c(=O)n2[C@@H]1c1ccc(OC(C)C)cc1. The zero-order chi connectivity index (χ0) is 27.7. The monoisotopic (exact) mass is 562 g/mol. The van der Waals surface area contributed by atoms with E-state index < -0.39 is 12.0 Å². The highest BCUT2D eigenvalue weighted by molar-refractivity contribution is 7.07. The fourth-order valence-corrected chi connectivity index (χ4v) is 5.68. The molecule has 200 valence electrons. The minimum atomic E-state index is -0.700. The predicted molar refractivity (Wildman–Crippen MR) is 152 cm³/mol. The van der Waals surface area contributed by atoms with Crippen LogP contribution in [0.4, 0.5) is 0 Å². The molecule has 0 saturated carbocycles. The van der Waals surface area contributed by atoms with Crippen LogP contribution in [0.5, 0.6) is 5.75 Å². The second-order valence-corrected chi connectivity index (χ2v) is 10.7. The molecular formula is C30H27ClN2O5S. The molecule has 0 aliphatic carbocycles. The second kappa shape index (κ2) is 11.1. The Morgan fingerprint density at radius 2 is 1.95 bits per heavy atom. The van der Waals surface area contributed by atoms with Crippen molar-refractivity contribution in [3.8, 4) is 17.1 Å². The third kappa shape index (κ3) is 5.48. The van der Waals surface area contributed by atoms with E-state index in [9.17, 15) is 9.59 Å².